The SMILES string of the molecule is Cc1noc(COC2CCCN(C(=O)Cc3cccs3)C2)n1. The second-order valence-corrected chi connectivity index (χ2v) is 6.44. The molecule has 2 aromatic rings. The number of carbonyl (C=O) groups is 1. The van der Waals surface area contributed by atoms with E-state index in [1.54, 1.807) is 18.3 Å². The van der Waals surface area contributed by atoms with E-state index in [1.165, 1.54) is 0 Å². The third kappa shape index (κ3) is 3.92. The van der Waals surface area contributed by atoms with E-state index in [1.807, 2.05) is 22.4 Å². The normalized spacial score (nSPS) is 18.6. The molecule has 6 nitrogen and oxygen atoms in total. The molecule has 0 aliphatic carbocycles. The minimum atomic E-state index is 0.0354. The first-order valence-electron chi connectivity index (χ1n) is 7.41. The summed E-state index contributed by atoms with van der Waals surface area (Å²) >= 11 is 1.62. The highest BCUT2D eigenvalue weighted by Gasteiger charge is 2.24. The van der Waals surface area contributed by atoms with Crippen LogP contribution in [0.3, 0.4) is 0 Å². The van der Waals surface area contributed by atoms with Crippen LogP contribution in [0.5, 0.6) is 0 Å². The molecule has 0 bridgehead atoms. The lowest BCUT2D eigenvalue weighted by molar-refractivity contribution is -0.135. The van der Waals surface area contributed by atoms with Gasteiger partial charge in [0.25, 0.3) is 5.89 Å². The van der Waals surface area contributed by atoms with Crippen molar-refractivity contribution in [1.29, 1.82) is 0 Å². The first-order chi connectivity index (χ1) is 10.7. The number of likely N-dealkylation sites (tertiary alicyclic amines) is 1. The predicted octanol–water partition coefficient (Wildman–Crippen LogP) is 2.19. The van der Waals surface area contributed by atoms with Crippen LogP contribution in [-0.2, 0) is 22.6 Å². The minimum absolute atomic E-state index is 0.0354. The van der Waals surface area contributed by atoms with Crippen LogP contribution in [0.4, 0.5) is 0 Å². The van der Waals surface area contributed by atoms with E-state index in [9.17, 15) is 4.79 Å². The molecule has 1 fully saturated rings. The highest BCUT2D eigenvalue weighted by Crippen LogP contribution is 2.17. The van der Waals surface area contributed by atoms with Gasteiger partial charge in [-0.15, -0.1) is 11.3 Å². The van der Waals surface area contributed by atoms with E-state index in [0.717, 1.165) is 24.3 Å². The summed E-state index contributed by atoms with van der Waals surface area (Å²) in [5.41, 5.74) is 0. The maximum Gasteiger partial charge on any atom is 0.252 e. The third-order valence-corrected chi connectivity index (χ3v) is 4.52. The quantitative estimate of drug-likeness (QED) is 0.844. The summed E-state index contributed by atoms with van der Waals surface area (Å²) in [4.78, 5) is 19.4. The van der Waals surface area contributed by atoms with Gasteiger partial charge < -0.3 is 14.2 Å². The van der Waals surface area contributed by atoms with E-state index in [-0.39, 0.29) is 12.0 Å². The molecule has 1 aliphatic heterocycles. The van der Waals surface area contributed by atoms with E-state index in [4.69, 9.17) is 9.26 Å². The molecule has 1 aliphatic rings. The molecule has 0 spiro atoms. The maximum absolute atomic E-state index is 12.3. The molecule has 1 unspecified atom stereocenters. The topological polar surface area (TPSA) is 68.5 Å². The summed E-state index contributed by atoms with van der Waals surface area (Å²) < 4.78 is 10.8. The zero-order chi connectivity index (χ0) is 15.4. The van der Waals surface area contributed by atoms with Crippen molar-refractivity contribution in [3.05, 3.63) is 34.1 Å². The van der Waals surface area contributed by atoms with Crippen molar-refractivity contribution in [2.45, 2.75) is 38.9 Å². The van der Waals surface area contributed by atoms with Crippen LogP contribution >= 0.6 is 11.3 Å². The fourth-order valence-corrected chi connectivity index (χ4v) is 3.26. The molecule has 1 saturated heterocycles. The zero-order valence-electron chi connectivity index (χ0n) is 12.5. The van der Waals surface area contributed by atoms with E-state index < -0.39 is 0 Å². The molecule has 0 saturated carbocycles. The van der Waals surface area contributed by atoms with Crippen LogP contribution in [0.1, 0.15) is 29.4 Å². The van der Waals surface area contributed by atoms with Gasteiger partial charge in [0.2, 0.25) is 5.91 Å². The van der Waals surface area contributed by atoms with Gasteiger partial charge in [0.15, 0.2) is 5.82 Å². The Morgan fingerprint density at radius 2 is 2.50 bits per heavy atom. The number of carbonyl (C=O) groups excluding carboxylic acids is 1. The maximum atomic E-state index is 12.3. The number of hydrogen-bond donors (Lipinski definition) is 0. The number of ether oxygens (including phenoxy) is 1. The molecule has 118 valence electrons. The van der Waals surface area contributed by atoms with E-state index in [0.29, 0.717) is 31.3 Å². The number of hydrogen-bond acceptors (Lipinski definition) is 6. The number of nitrogens with zero attached hydrogens (tertiary/aromatic N) is 3. The fourth-order valence-electron chi connectivity index (χ4n) is 2.56. The first kappa shape index (κ1) is 15.2. The van der Waals surface area contributed by atoms with Crippen LogP contribution in [0.2, 0.25) is 0 Å². The van der Waals surface area contributed by atoms with Gasteiger partial charge in [-0.25, -0.2) is 0 Å². The summed E-state index contributed by atoms with van der Waals surface area (Å²) in [5, 5.41) is 5.73. The Kier molecular flexibility index (Phi) is 4.84. The second kappa shape index (κ2) is 7.02. The van der Waals surface area contributed by atoms with E-state index >= 15 is 0 Å². The zero-order valence-corrected chi connectivity index (χ0v) is 13.3. The third-order valence-electron chi connectivity index (χ3n) is 3.65. The molecule has 3 heterocycles. The van der Waals surface area contributed by atoms with Crippen molar-refractivity contribution in [1.82, 2.24) is 15.0 Å². The first-order valence-corrected chi connectivity index (χ1v) is 8.29. The molecule has 2 aromatic heterocycles. The molecule has 22 heavy (non-hydrogen) atoms. The number of piperidine rings is 1. The Labute approximate surface area is 133 Å². The van der Waals surface area contributed by atoms with Crippen molar-refractivity contribution in [3.63, 3.8) is 0 Å². The van der Waals surface area contributed by atoms with Gasteiger partial charge in [-0.1, -0.05) is 11.2 Å². The summed E-state index contributed by atoms with van der Waals surface area (Å²) in [5.74, 6) is 1.26. The smallest absolute Gasteiger partial charge is 0.252 e. The molecule has 0 radical (unpaired) electrons. The molecular formula is C15H19N3O3S. The van der Waals surface area contributed by atoms with Gasteiger partial charge in [-0.3, -0.25) is 4.79 Å². The van der Waals surface area contributed by atoms with Crippen molar-refractivity contribution in [2.75, 3.05) is 13.1 Å². The molecule has 1 atom stereocenters. The Bertz CT molecular complexity index is 611. The Morgan fingerprint density at radius 1 is 1.59 bits per heavy atom. The number of aryl methyl sites for hydroxylation is 1. The van der Waals surface area contributed by atoms with Crippen molar-refractivity contribution >= 4 is 17.2 Å². The lowest BCUT2D eigenvalue weighted by Crippen LogP contribution is -2.43. The second-order valence-electron chi connectivity index (χ2n) is 5.41. The van der Waals surface area contributed by atoms with Crippen molar-refractivity contribution < 1.29 is 14.1 Å². The largest absolute Gasteiger partial charge is 0.367 e. The predicted molar refractivity (Wildman–Crippen MR) is 81.4 cm³/mol. The molecule has 3 rings (SSSR count). The number of amides is 1. The molecule has 1 amide bonds. The van der Waals surface area contributed by atoms with Gasteiger partial charge in [-0.2, -0.15) is 4.98 Å². The van der Waals surface area contributed by atoms with Gasteiger partial charge in [0.1, 0.15) is 6.61 Å². The summed E-state index contributed by atoms with van der Waals surface area (Å²) in [6.07, 6.45) is 2.43. The van der Waals surface area contributed by atoms with Crippen molar-refractivity contribution in [2.24, 2.45) is 0 Å². The standard InChI is InChI=1S/C15H19N3O3S/c1-11-16-14(21-17-11)10-20-12-4-2-6-18(9-12)15(19)8-13-5-3-7-22-13/h3,5,7,12H,2,4,6,8-10H2,1H3. The Balaban J connectivity index is 1.49. The van der Waals surface area contributed by atoms with Crippen LogP contribution in [-0.4, -0.2) is 40.1 Å². The average Bonchev–Trinajstić information content (AvgIpc) is 3.17. The molecule has 0 N–H and O–H groups in total. The lowest BCUT2D eigenvalue weighted by Gasteiger charge is -2.32. The molecule has 7 heteroatoms. The van der Waals surface area contributed by atoms with Crippen LogP contribution in [0, 0.1) is 6.92 Å². The lowest BCUT2D eigenvalue weighted by atomic mass is 10.1. The summed E-state index contributed by atoms with van der Waals surface area (Å²) in [6, 6.07) is 3.97. The van der Waals surface area contributed by atoms with Gasteiger partial charge in [0, 0.05) is 18.0 Å². The summed E-state index contributed by atoms with van der Waals surface area (Å²) in [6.45, 7) is 3.53. The van der Waals surface area contributed by atoms with Crippen LogP contribution in [0.15, 0.2) is 22.0 Å². The molecular weight excluding hydrogens is 302 g/mol. The van der Waals surface area contributed by atoms with Crippen LogP contribution in [0.25, 0.3) is 0 Å². The fraction of sp³-hybridized carbons (Fsp3) is 0.533. The van der Waals surface area contributed by atoms with Gasteiger partial charge >= 0.3 is 0 Å². The minimum Gasteiger partial charge on any atom is -0.367 e. The monoisotopic (exact) mass is 321 g/mol. The average molecular weight is 321 g/mol. The molecule has 0 aromatic carbocycles. The number of aromatic nitrogens is 2. The van der Waals surface area contributed by atoms with E-state index in [2.05, 4.69) is 10.1 Å². The number of thiophene rings is 1. The summed E-state index contributed by atoms with van der Waals surface area (Å²) in [7, 11) is 0. The number of rotatable bonds is 5. The Hall–Kier alpha value is -1.73. The van der Waals surface area contributed by atoms with Crippen molar-refractivity contribution in [3.8, 4) is 0 Å². The Morgan fingerprint density at radius 3 is 3.23 bits per heavy atom. The van der Waals surface area contributed by atoms with Gasteiger partial charge in [-0.05, 0) is 31.2 Å². The highest BCUT2D eigenvalue weighted by molar-refractivity contribution is 7.10. The van der Waals surface area contributed by atoms with Gasteiger partial charge in [0.05, 0.1) is 12.5 Å². The highest BCUT2D eigenvalue weighted by atomic mass is 32.1. The van der Waals surface area contributed by atoms with Crippen LogP contribution < -0.4 is 0 Å².